The van der Waals surface area contributed by atoms with E-state index in [4.69, 9.17) is 9.47 Å². The molecule has 0 bridgehead atoms. The fraction of sp³-hybridized carbons (Fsp3) is 0.400. The number of hydrogen-bond acceptors (Lipinski definition) is 6. The molecule has 0 aliphatic carbocycles. The fourth-order valence-corrected chi connectivity index (χ4v) is 4.25. The third-order valence-electron chi connectivity index (χ3n) is 5.10. The van der Waals surface area contributed by atoms with Crippen LogP contribution in [0.25, 0.3) is 6.08 Å². The van der Waals surface area contributed by atoms with E-state index in [0.717, 1.165) is 17.7 Å². The Morgan fingerprint density at radius 1 is 1.09 bits per heavy atom. The Hall–Kier alpha value is -2.80. The molecule has 6 nitrogen and oxygen atoms in total. The van der Waals surface area contributed by atoms with Crippen LogP contribution < -0.4 is 9.47 Å². The van der Waals surface area contributed by atoms with Gasteiger partial charge in [0.2, 0.25) is 0 Å². The molecule has 1 fully saturated rings. The Kier molecular flexibility index (Phi) is 9.16. The minimum absolute atomic E-state index is 0.0907. The smallest absolute Gasteiger partial charge is 0.266 e. The number of rotatable bonds is 11. The number of thioether (sulfide) groups is 1. The molecule has 1 aromatic heterocycles. The van der Waals surface area contributed by atoms with E-state index in [1.165, 1.54) is 43.9 Å². The van der Waals surface area contributed by atoms with Crippen LogP contribution in [0.15, 0.2) is 52.5 Å². The quantitative estimate of drug-likeness (QED) is 0.305. The topological polar surface area (TPSA) is 64.0 Å². The Morgan fingerprint density at radius 2 is 1.91 bits per heavy atom. The molecule has 7 heteroatoms. The van der Waals surface area contributed by atoms with E-state index in [1.807, 2.05) is 42.5 Å². The molecule has 1 saturated heterocycles. The van der Waals surface area contributed by atoms with Crippen molar-refractivity contribution in [2.75, 3.05) is 20.8 Å². The standard InChI is InChI=1S/C25H31N3O3S/c1-4-5-6-7-8-11-16-31-20-14-13-19(17-21(20)30-3)18-22-24(29)28(2)25(32-22)27-23-12-9-10-15-26-23/h9-10,12-15,17-18H,4-8,11,16H2,1-3H3/b22-18-,27-25+. The van der Waals surface area contributed by atoms with Crippen LogP contribution in [0.1, 0.15) is 51.0 Å². The minimum Gasteiger partial charge on any atom is -0.493 e. The zero-order valence-corrected chi connectivity index (χ0v) is 19.9. The van der Waals surface area contributed by atoms with Crippen molar-refractivity contribution in [1.82, 2.24) is 9.88 Å². The zero-order valence-electron chi connectivity index (χ0n) is 19.0. The highest BCUT2D eigenvalue weighted by atomic mass is 32.2. The van der Waals surface area contributed by atoms with E-state index in [9.17, 15) is 4.79 Å². The summed E-state index contributed by atoms with van der Waals surface area (Å²) in [6, 6.07) is 11.2. The molecule has 0 N–H and O–H groups in total. The van der Waals surface area contributed by atoms with Gasteiger partial charge in [0.15, 0.2) is 22.5 Å². The Balaban J connectivity index is 1.64. The highest BCUT2D eigenvalue weighted by Crippen LogP contribution is 2.35. The number of nitrogens with zero attached hydrogens (tertiary/aromatic N) is 3. The van der Waals surface area contributed by atoms with E-state index in [2.05, 4.69) is 16.9 Å². The second-order valence-corrected chi connectivity index (χ2v) is 8.59. The van der Waals surface area contributed by atoms with Gasteiger partial charge in [0.25, 0.3) is 5.91 Å². The van der Waals surface area contributed by atoms with Gasteiger partial charge in [0, 0.05) is 13.2 Å². The molecular weight excluding hydrogens is 422 g/mol. The highest BCUT2D eigenvalue weighted by Gasteiger charge is 2.30. The molecule has 1 aromatic carbocycles. The van der Waals surface area contributed by atoms with Gasteiger partial charge in [0.05, 0.1) is 18.6 Å². The summed E-state index contributed by atoms with van der Waals surface area (Å²) in [6.07, 6.45) is 10.9. The number of aromatic nitrogens is 1. The number of aliphatic imine (C=N–C) groups is 1. The van der Waals surface area contributed by atoms with E-state index in [-0.39, 0.29) is 5.91 Å². The summed E-state index contributed by atoms with van der Waals surface area (Å²) >= 11 is 1.33. The van der Waals surface area contributed by atoms with Crippen LogP contribution in [-0.4, -0.2) is 41.7 Å². The molecule has 1 aliphatic rings. The maximum Gasteiger partial charge on any atom is 0.266 e. The number of hydrogen-bond donors (Lipinski definition) is 0. The first-order valence-electron chi connectivity index (χ1n) is 11.1. The lowest BCUT2D eigenvalue weighted by molar-refractivity contribution is -0.121. The van der Waals surface area contributed by atoms with Gasteiger partial charge in [-0.25, -0.2) is 9.98 Å². The van der Waals surface area contributed by atoms with Crippen molar-refractivity contribution in [2.24, 2.45) is 4.99 Å². The molecule has 0 saturated carbocycles. The van der Waals surface area contributed by atoms with Crippen molar-refractivity contribution in [3.05, 3.63) is 53.1 Å². The zero-order chi connectivity index (χ0) is 22.8. The van der Waals surface area contributed by atoms with Gasteiger partial charge in [0.1, 0.15) is 0 Å². The number of amidine groups is 1. The SMILES string of the molecule is CCCCCCCCOc1ccc(/C=C2\S/C(=N/c3ccccn3)N(C)C2=O)cc1OC. The number of methoxy groups -OCH3 is 1. The molecular formula is C25H31N3O3S. The Labute approximate surface area is 194 Å². The molecule has 2 heterocycles. The van der Waals surface area contributed by atoms with E-state index in [0.29, 0.717) is 28.2 Å². The molecule has 0 radical (unpaired) electrons. The van der Waals surface area contributed by atoms with Gasteiger partial charge < -0.3 is 9.47 Å². The molecule has 0 unspecified atom stereocenters. The number of benzene rings is 1. The third kappa shape index (κ3) is 6.60. The van der Waals surface area contributed by atoms with Gasteiger partial charge in [-0.2, -0.15) is 0 Å². The molecule has 0 spiro atoms. The lowest BCUT2D eigenvalue weighted by Gasteiger charge is -2.11. The number of carbonyl (C=O) groups excluding carboxylic acids is 1. The molecule has 32 heavy (non-hydrogen) atoms. The highest BCUT2D eigenvalue weighted by molar-refractivity contribution is 8.18. The normalized spacial score (nSPS) is 16.2. The number of unbranched alkanes of at least 4 members (excludes halogenated alkanes) is 5. The maximum atomic E-state index is 12.7. The predicted octanol–water partition coefficient (Wildman–Crippen LogP) is 6.06. The van der Waals surface area contributed by atoms with Crippen LogP contribution in [0.3, 0.4) is 0 Å². The van der Waals surface area contributed by atoms with Crippen LogP contribution in [0.4, 0.5) is 5.82 Å². The number of pyridine rings is 1. The molecule has 0 atom stereocenters. The molecule has 2 aromatic rings. The van der Waals surface area contributed by atoms with Crippen molar-refractivity contribution in [1.29, 1.82) is 0 Å². The van der Waals surface area contributed by atoms with E-state index >= 15 is 0 Å². The van der Waals surface area contributed by atoms with Crippen LogP contribution in [0.5, 0.6) is 11.5 Å². The summed E-state index contributed by atoms with van der Waals surface area (Å²) in [5.74, 6) is 1.87. The average Bonchev–Trinajstić information content (AvgIpc) is 3.07. The number of likely N-dealkylation sites (N-methyl/N-ethyl adjacent to an activating group) is 1. The monoisotopic (exact) mass is 453 g/mol. The van der Waals surface area contributed by atoms with Crippen LogP contribution >= 0.6 is 11.8 Å². The summed E-state index contributed by atoms with van der Waals surface area (Å²) in [7, 11) is 3.35. The fourth-order valence-electron chi connectivity index (χ4n) is 3.28. The first-order valence-corrected chi connectivity index (χ1v) is 11.9. The Morgan fingerprint density at radius 3 is 2.66 bits per heavy atom. The maximum absolute atomic E-state index is 12.7. The predicted molar refractivity (Wildman–Crippen MR) is 132 cm³/mol. The van der Waals surface area contributed by atoms with E-state index in [1.54, 1.807) is 25.3 Å². The van der Waals surface area contributed by atoms with Crippen molar-refractivity contribution in [3.63, 3.8) is 0 Å². The van der Waals surface area contributed by atoms with Crippen molar-refractivity contribution in [3.8, 4) is 11.5 Å². The number of ether oxygens (including phenoxy) is 2. The van der Waals surface area contributed by atoms with E-state index < -0.39 is 0 Å². The molecule has 1 aliphatic heterocycles. The minimum atomic E-state index is -0.0907. The van der Waals surface area contributed by atoms with Gasteiger partial charge in [-0.05, 0) is 54.1 Å². The second-order valence-electron chi connectivity index (χ2n) is 7.58. The average molecular weight is 454 g/mol. The second kappa shape index (κ2) is 12.3. The summed E-state index contributed by atoms with van der Waals surface area (Å²) in [5, 5.41) is 0.603. The molecule has 1 amide bonds. The first kappa shape index (κ1) is 23.9. The Bertz CT molecular complexity index is 960. The summed E-state index contributed by atoms with van der Waals surface area (Å²) < 4.78 is 11.4. The first-order chi connectivity index (χ1) is 15.6. The van der Waals surface area contributed by atoms with Gasteiger partial charge in [-0.1, -0.05) is 51.2 Å². The van der Waals surface area contributed by atoms with Crippen LogP contribution in [-0.2, 0) is 4.79 Å². The van der Waals surface area contributed by atoms with Gasteiger partial charge >= 0.3 is 0 Å². The lowest BCUT2D eigenvalue weighted by Crippen LogP contribution is -2.23. The van der Waals surface area contributed by atoms with Crippen molar-refractivity contribution >= 4 is 34.7 Å². The summed E-state index contributed by atoms with van der Waals surface area (Å²) in [4.78, 5) is 23.5. The molecule has 3 rings (SSSR count). The van der Waals surface area contributed by atoms with Gasteiger partial charge in [-0.15, -0.1) is 0 Å². The number of carbonyl (C=O) groups is 1. The van der Waals surface area contributed by atoms with Crippen molar-refractivity contribution in [2.45, 2.75) is 45.4 Å². The van der Waals surface area contributed by atoms with Gasteiger partial charge in [-0.3, -0.25) is 9.69 Å². The van der Waals surface area contributed by atoms with Crippen LogP contribution in [0, 0.1) is 0 Å². The lowest BCUT2D eigenvalue weighted by atomic mass is 10.1. The van der Waals surface area contributed by atoms with Crippen molar-refractivity contribution < 1.29 is 14.3 Å². The molecule has 170 valence electrons. The largest absolute Gasteiger partial charge is 0.493 e. The number of amides is 1. The summed E-state index contributed by atoms with van der Waals surface area (Å²) in [6.45, 7) is 2.90. The summed E-state index contributed by atoms with van der Waals surface area (Å²) in [5.41, 5.74) is 0.872. The third-order valence-corrected chi connectivity index (χ3v) is 6.16. The van der Waals surface area contributed by atoms with Crippen LogP contribution in [0.2, 0.25) is 0 Å².